The Morgan fingerprint density at radius 1 is 1.04 bits per heavy atom. The molecule has 136 valence electrons. The monoisotopic (exact) mass is 349 g/mol. The Labute approximate surface area is 156 Å². The number of aryl methyl sites for hydroxylation is 1. The molecule has 3 heteroatoms. The average Bonchev–Trinajstić information content (AvgIpc) is 2.66. The van der Waals surface area contributed by atoms with Crippen molar-refractivity contribution in [1.82, 2.24) is 0 Å². The van der Waals surface area contributed by atoms with Gasteiger partial charge in [0.25, 0.3) is 0 Å². The predicted octanol–water partition coefficient (Wildman–Crippen LogP) is 5.72. The minimum Gasteiger partial charge on any atom is -0.462 e. The van der Waals surface area contributed by atoms with E-state index in [0.717, 1.165) is 35.1 Å². The van der Waals surface area contributed by atoms with Crippen molar-refractivity contribution in [2.24, 2.45) is 0 Å². The second-order valence-electron chi connectivity index (χ2n) is 6.40. The highest BCUT2D eigenvalue weighted by Gasteiger charge is 2.18. The minimum absolute atomic E-state index is 0.255. The Morgan fingerprint density at radius 2 is 1.81 bits per heavy atom. The molecular formula is C23H27NO2. The molecule has 0 N–H and O–H groups in total. The molecule has 2 rings (SSSR count). The van der Waals surface area contributed by atoms with Crippen molar-refractivity contribution in [3.63, 3.8) is 0 Å². The molecule has 0 amide bonds. The first-order valence-corrected chi connectivity index (χ1v) is 9.46. The highest BCUT2D eigenvalue weighted by atomic mass is 16.5. The highest BCUT2D eigenvalue weighted by Crippen LogP contribution is 2.29. The molecule has 0 bridgehead atoms. The van der Waals surface area contributed by atoms with E-state index in [1.54, 1.807) is 0 Å². The molecule has 0 unspecified atom stereocenters. The van der Waals surface area contributed by atoms with Crippen molar-refractivity contribution in [3.8, 4) is 17.2 Å². The van der Waals surface area contributed by atoms with E-state index >= 15 is 0 Å². The zero-order valence-corrected chi connectivity index (χ0v) is 15.8. The molecule has 0 aromatic heterocycles. The van der Waals surface area contributed by atoms with Crippen LogP contribution >= 0.6 is 0 Å². The number of nitrogens with zero attached hydrogens (tertiary/aromatic N) is 1. The summed E-state index contributed by atoms with van der Waals surface area (Å²) in [5.74, 6) is -0.255. The molecular weight excluding hydrogens is 322 g/mol. The van der Waals surface area contributed by atoms with Crippen LogP contribution in [-0.2, 0) is 17.6 Å². The van der Waals surface area contributed by atoms with Gasteiger partial charge in [-0.25, -0.2) is 4.79 Å². The average molecular weight is 349 g/mol. The van der Waals surface area contributed by atoms with Gasteiger partial charge in [-0.2, -0.15) is 5.26 Å². The fourth-order valence-corrected chi connectivity index (χ4v) is 3.13. The predicted molar refractivity (Wildman–Crippen MR) is 105 cm³/mol. The lowest BCUT2D eigenvalue weighted by molar-refractivity contribution is 0.0526. The van der Waals surface area contributed by atoms with Crippen molar-refractivity contribution in [2.45, 2.75) is 52.4 Å². The summed E-state index contributed by atoms with van der Waals surface area (Å²) < 4.78 is 5.34. The Balaban J connectivity index is 2.37. The Hall–Kier alpha value is -2.60. The molecule has 0 spiro atoms. The summed E-state index contributed by atoms with van der Waals surface area (Å²) in [4.78, 5) is 12.7. The zero-order valence-electron chi connectivity index (χ0n) is 15.8. The van der Waals surface area contributed by atoms with Gasteiger partial charge in [0.2, 0.25) is 0 Å². The molecule has 26 heavy (non-hydrogen) atoms. The Morgan fingerprint density at radius 3 is 2.46 bits per heavy atom. The Bertz CT molecular complexity index is 757. The third-order valence-electron chi connectivity index (χ3n) is 4.48. The van der Waals surface area contributed by atoms with Gasteiger partial charge in [0.15, 0.2) is 0 Å². The van der Waals surface area contributed by atoms with Crippen LogP contribution in [0.2, 0.25) is 0 Å². The standard InChI is InChI=1S/C23H27NO2/c1-3-5-6-7-9-20-10-8-11-21(22(20)23(25)26-4-2)19-14-12-18(13-15-19)16-17-24/h8,10-15H,3-7,9,16H2,1-2H3. The van der Waals surface area contributed by atoms with Crippen LogP contribution in [0.3, 0.4) is 0 Å². The fraction of sp³-hybridized carbons (Fsp3) is 0.391. The van der Waals surface area contributed by atoms with Gasteiger partial charge < -0.3 is 4.74 Å². The number of rotatable bonds is 9. The minimum atomic E-state index is -0.255. The second-order valence-corrected chi connectivity index (χ2v) is 6.40. The number of unbranched alkanes of at least 4 members (excludes halogenated alkanes) is 3. The molecule has 0 fully saturated rings. The molecule has 0 aliphatic carbocycles. The van der Waals surface area contributed by atoms with Crippen molar-refractivity contribution >= 4 is 5.97 Å². The van der Waals surface area contributed by atoms with Gasteiger partial charge in [0.05, 0.1) is 24.7 Å². The molecule has 0 atom stereocenters. The molecule has 0 saturated carbocycles. The van der Waals surface area contributed by atoms with Gasteiger partial charge in [-0.1, -0.05) is 68.7 Å². The summed E-state index contributed by atoms with van der Waals surface area (Å²) in [6.07, 6.45) is 5.93. The van der Waals surface area contributed by atoms with Crippen LogP contribution in [0.15, 0.2) is 42.5 Å². The van der Waals surface area contributed by atoms with Gasteiger partial charge in [-0.15, -0.1) is 0 Å². The van der Waals surface area contributed by atoms with Crippen LogP contribution in [0.4, 0.5) is 0 Å². The molecule has 0 heterocycles. The maximum Gasteiger partial charge on any atom is 0.339 e. The summed E-state index contributed by atoms with van der Waals surface area (Å²) in [5.41, 5.74) is 4.59. The number of carbonyl (C=O) groups is 1. The summed E-state index contributed by atoms with van der Waals surface area (Å²) in [5, 5.41) is 8.83. The first kappa shape index (κ1) is 19.7. The van der Waals surface area contributed by atoms with Crippen LogP contribution in [0, 0.1) is 11.3 Å². The molecule has 0 radical (unpaired) electrons. The third-order valence-corrected chi connectivity index (χ3v) is 4.48. The lowest BCUT2D eigenvalue weighted by atomic mass is 9.92. The quantitative estimate of drug-likeness (QED) is 0.430. The van der Waals surface area contributed by atoms with Crippen LogP contribution in [-0.4, -0.2) is 12.6 Å². The van der Waals surface area contributed by atoms with Crippen LogP contribution in [0.1, 0.15) is 61.0 Å². The van der Waals surface area contributed by atoms with E-state index in [4.69, 9.17) is 10.00 Å². The number of hydrogen-bond donors (Lipinski definition) is 0. The van der Waals surface area contributed by atoms with Crippen molar-refractivity contribution in [1.29, 1.82) is 5.26 Å². The maximum atomic E-state index is 12.7. The van der Waals surface area contributed by atoms with Gasteiger partial charge in [0, 0.05) is 0 Å². The molecule has 2 aromatic rings. The van der Waals surface area contributed by atoms with E-state index in [0.29, 0.717) is 18.6 Å². The van der Waals surface area contributed by atoms with E-state index in [2.05, 4.69) is 13.0 Å². The lowest BCUT2D eigenvalue weighted by Gasteiger charge is -2.14. The number of hydrogen-bond acceptors (Lipinski definition) is 3. The zero-order chi connectivity index (χ0) is 18.8. The molecule has 2 aromatic carbocycles. The molecule has 0 aliphatic heterocycles. The summed E-state index contributed by atoms with van der Waals surface area (Å²) >= 11 is 0. The largest absolute Gasteiger partial charge is 0.462 e. The maximum absolute atomic E-state index is 12.7. The van der Waals surface area contributed by atoms with Crippen LogP contribution in [0.5, 0.6) is 0 Å². The van der Waals surface area contributed by atoms with Crippen LogP contribution in [0.25, 0.3) is 11.1 Å². The van der Waals surface area contributed by atoms with Gasteiger partial charge >= 0.3 is 5.97 Å². The third kappa shape index (κ3) is 5.20. The van der Waals surface area contributed by atoms with E-state index in [-0.39, 0.29) is 5.97 Å². The van der Waals surface area contributed by atoms with Gasteiger partial charge in [0.1, 0.15) is 0 Å². The van der Waals surface area contributed by atoms with Crippen molar-refractivity contribution in [3.05, 3.63) is 59.2 Å². The van der Waals surface area contributed by atoms with E-state index in [9.17, 15) is 4.79 Å². The molecule has 3 nitrogen and oxygen atoms in total. The van der Waals surface area contributed by atoms with E-state index < -0.39 is 0 Å². The van der Waals surface area contributed by atoms with Crippen molar-refractivity contribution < 1.29 is 9.53 Å². The smallest absolute Gasteiger partial charge is 0.339 e. The second kappa shape index (κ2) is 10.4. The fourth-order valence-electron chi connectivity index (χ4n) is 3.13. The first-order valence-electron chi connectivity index (χ1n) is 9.46. The summed E-state index contributed by atoms with van der Waals surface area (Å²) in [7, 11) is 0. The normalized spacial score (nSPS) is 10.3. The number of ether oxygens (including phenoxy) is 1. The summed E-state index contributed by atoms with van der Waals surface area (Å²) in [6.45, 7) is 4.39. The Kier molecular flexibility index (Phi) is 7.89. The number of nitriles is 1. The first-order chi connectivity index (χ1) is 12.7. The van der Waals surface area contributed by atoms with Crippen LogP contribution < -0.4 is 0 Å². The number of benzene rings is 2. The molecule has 0 saturated heterocycles. The number of esters is 1. The molecule has 0 aliphatic rings. The van der Waals surface area contributed by atoms with Gasteiger partial charge in [-0.05, 0) is 42.0 Å². The van der Waals surface area contributed by atoms with E-state index in [1.807, 2.05) is 49.4 Å². The number of carbonyl (C=O) groups excluding carboxylic acids is 1. The summed E-state index contributed by atoms with van der Waals surface area (Å²) in [6, 6.07) is 16.0. The SMILES string of the molecule is CCCCCCc1cccc(-c2ccc(CC#N)cc2)c1C(=O)OCC. The van der Waals surface area contributed by atoms with Crippen molar-refractivity contribution in [2.75, 3.05) is 6.61 Å². The van der Waals surface area contributed by atoms with E-state index in [1.165, 1.54) is 19.3 Å². The topological polar surface area (TPSA) is 50.1 Å². The van der Waals surface area contributed by atoms with Gasteiger partial charge in [-0.3, -0.25) is 0 Å². The highest BCUT2D eigenvalue weighted by molar-refractivity contribution is 5.99. The lowest BCUT2D eigenvalue weighted by Crippen LogP contribution is -2.10.